The zero-order valence-corrected chi connectivity index (χ0v) is 10.4. The number of carboxylic acids is 1. The number of nitrogens with zero attached hydrogens (tertiary/aromatic N) is 1. The summed E-state index contributed by atoms with van der Waals surface area (Å²) in [5, 5.41) is 12.7. The maximum Gasteiger partial charge on any atom is 0.340 e. The van der Waals surface area contributed by atoms with Gasteiger partial charge in [-0.25, -0.2) is 9.78 Å². The Kier molecular flexibility index (Phi) is 3.48. The van der Waals surface area contributed by atoms with E-state index in [0.29, 0.717) is 16.4 Å². The molecule has 5 heteroatoms. The van der Waals surface area contributed by atoms with Gasteiger partial charge in [-0.3, -0.25) is 0 Å². The molecule has 2 aromatic rings. The molecule has 1 heterocycles. The molecular formula is C13H11ClN2O2. The number of pyridine rings is 1. The fourth-order valence-corrected chi connectivity index (χ4v) is 1.86. The monoisotopic (exact) mass is 262 g/mol. The second kappa shape index (κ2) is 5.06. The van der Waals surface area contributed by atoms with Gasteiger partial charge in [0.25, 0.3) is 0 Å². The van der Waals surface area contributed by atoms with Gasteiger partial charge in [0.1, 0.15) is 11.4 Å². The van der Waals surface area contributed by atoms with Crippen molar-refractivity contribution in [2.75, 3.05) is 12.4 Å². The fraction of sp³-hybridized carbons (Fsp3) is 0.0769. The van der Waals surface area contributed by atoms with Gasteiger partial charge in [-0.05, 0) is 23.8 Å². The largest absolute Gasteiger partial charge is 0.478 e. The van der Waals surface area contributed by atoms with Gasteiger partial charge in [-0.1, -0.05) is 23.7 Å². The molecule has 0 saturated heterocycles. The van der Waals surface area contributed by atoms with Gasteiger partial charge in [0, 0.05) is 23.8 Å². The van der Waals surface area contributed by atoms with Crippen LogP contribution in [0.2, 0.25) is 5.02 Å². The number of rotatable bonds is 3. The Bertz CT molecular complexity index is 582. The molecule has 0 bridgehead atoms. The van der Waals surface area contributed by atoms with Crippen molar-refractivity contribution in [1.29, 1.82) is 0 Å². The Morgan fingerprint density at radius 2 is 1.94 bits per heavy atom. The first kappa shape index (κ1) is 12.4. The van der Waals surface area contributed by atoms with E-state index in [0.717, 1.165) is 5.56 Å². The standard InChI is InChI=1S/C13H11ClN2O2/c1-15-12-11(13(17)18)10(6-7-16-12)8-2-4-9(14)5-3-8/h2-7H,1H3,(H,15,16)(H,17,18). The first-order chi connectivity index (χ1) is 8.63. The lowest BCUT2D eigenvalue weighted by molar-refractivity contribution is 0.0698. The van der Waals surface area contributed by atoms with E-state index in [1.807, 2.05) is 0 Å². The smallest absolute Gasteiger partial charge is 0.340 e. The average Bonchev–Trinajstić information content (AvgIpc) is 2.38. The van der Waals surface area contributed by atoms with E-state index < -0.39 is 5.97 Å². The van der Waals surface area contributed by atoms with Crippen molar-refractivity contribution in [2.24, 2.45) is 0 Å². The summed E-state index contributed by atoms with van der Waals surface area (Å²) in [5.41, 5.74) is 1.55. The molecule has 18 heavy (non-hydrogen) atoms. The number of carboxylic acid groups (broad SMARTS) is 1. The van der Waals surface area contributed by atoms with E-state index in [2.05, 4.69) is 10.3 Å². The quantitative estimate of drug-likeness (QED) is 0.892. The van der Waals surface area contributed by atoms with Crippen molar-refractivity contribution in [3.63, 3.8) is 0 Å². The third-order valence-corrected chi connectivity index (χ3v) is 2.81. The Balaban J connectivity index is 2.63. The molecular weight excluding hydrogens is 252 g/mol. The second-order valence-electron chi connectivity index (χ2n) is 3.64. The van der Waals surface area contributed by atoms with Crippen LogP contribution in [0.4, 0.5) is 5.82 Å². The number of hydrogen-bond acceptors (Lipinski definition) is 3. The third kappa shape index (κ3) is 2.28. The van der Waals surface area contributed by atoms with Crippen LogP contribution >= 0.6 is 11.6 Å². The van der Waals surface area contributed by atoms with Crippen molar-refractivity contribution in [1.82, 2.24) is 4.98 Å². The van der Waals surface area contributed by atoms with Crippen LogP contribution in [0.3, 0.4) is 0 Å². The van der Waals surface area contributed by atoms with Crippen molar-refractivity contribution >= 4 is 23.4 Å². The highest BCUT2D eigenvalue weighted by Gasteiger charge is 2.17. The number of benzene rings is 1. The van der Waals surface area contributed by atoms with Crippen LogP contribution in [0.1, 0.15) is 10.4 Å². The van der Waals surface area contributed by atoms with Crippen LogP contribution in [0.15, 0.2) is 36.5 Å². The van der Waals surface area contributed by atoms with Crippen molar-refractivity contribution in [2.45, 2.75) is 0 Å². The molecule has 0 fully saturated rings. The van der Waals surface area contributed by atoms with E-state index in [1.54, 1.807) is 43.6 Å². The Hall–Kier alpha value is -2.07. The molecule has 1 aromatic heterocycles. The molecule has 0 saturated carbocycles. The Morgan fingerprint density at radius 1 is 1.28 bits per heavy atom. The number of aromatic nitrogens is 1. The number of carbonyl (C=O) groups is 1. The third-order valence-electron chi connectivity index (χ3n) is 2.56. The highest BCUT2D eigenvalue weighted by molar-refractivity contribution is 6.30. The Labute approximate surface area is 109 Å². The van der Waals surface area contributed by atoms with E-state index in [-0.39, 0.29) is 5.56 Å². The molecule has 0 amide bonds. The van der Waals surface area contributed by atoms with Crippen LogP contribution in [0, 0.1) is 0 Å². The minimum atomic E-state index is -1.02. The van der Waals surface area contributed by atoms with Crippen LogP contribution in [-0.4, -0.2) is 23.1 Å². The van der Waals surface area contributed by atoms with Gasteiger partial charge < -0.3 is 10.4 Å². The SMILES string of the molecule is CNc1nccc(-c2ccc(Cl)cc2)c1C(=O)O. The molecule has 0 radical (unpaired) electrons. The fourth-order valence-electron chi connectivity index (χ4n) is 1.74. The van der Waals surface area contributed by atoms with Gasteiger partial charge in [-0.15, -0.1) is 0 Å². The molecule has 0 aliphatic carbocycles. The number of nitrogens with one attached hydrogen (secondary N) is 1. The number of aromatic carboxylic acids is 1. The second-order valence-corrected chi connectivity index (χ2v) is 4.08. The highest BCUT2D eigenvalue weighted by Crippen LogP contribution is 2.28. The lowest BCUT2D eigenvalue weighted by atomic mass is 10.0. The van der Waals surface area contributed by atoms with Crippen molar-refractivity contribution in [3.05, 3.63) is 47.1 Å². The summed E-state index contributed by atoms with van der Waals surface area (Å²) in [6.07, 6.45) is 1.57. The lowest BCUT2D eigenvalue weighted by Crippen LogP contribution is -2.06. The normalized spacial score (nSPS) is 10.1. The van der Waals surface area contributed by atoms with Crippen LogP contribution < -0.4 is 5.32 Å². The molecule has 92 valence electrons. The zero-order chi connectivity index (χ0) is 13.1. The Morgan fingerprint density at radius 3 is 2.50 bits per heavy atom. The minimum absolute atomic E-state index is 0.155. The van der Waals surface area contributed by atoms with Crippen molar-refractivity contribution < 1.29 is 9.90 Å². The van der Waals surface area contributed by atoms with Crippen molar-refractivity contribution in [3.8, 4) is 11.1 Å². The molecule has 2 N–H and O–H groups in total. The first-order valence-electron chi connectivity index (χ1n) is 5.29. The van der Waals surface area contributed by atoms with E-state index >= 15 is 0 Å². The molecule has 2 rings (SSSR count). The van der Waals surface area contributed by atoms with E-state index in [9.17, 15) is 9.90 Å². The molecule has 1 aromatic carbocycles. The van der Waals surface area contributed by atoms with Gasteiger partial charge >= 0.3 is 5.97 Å². The van der Waals surface area contributed by atoms with Crippen LogP contribution in [-0.2, 0) is 0 Å². The molecule has 0 unspecified atom stereocenters. The lowest BCUT2D eigenvalue weighted by Gasteiger charge is -2.10. The van der Waals surface area contributed by atoms with Gasteiger partial charge in [0.05, 0.1) is 0 Å². The first-order valence-corrected chi connectivity index (χ1v) is 5.67. The number of hydrogen-bond donors (Lipinski definition) is 2. The van der Waals surface area contributed by atoms with Crippen LogP contribution in [0.25, 0.3) is 11.1 Å². The summed E-state index contributed by atoms with van der Waals surface area (Å²) in [5.74, 6) is -0.674. The molecule has 0 aliphatic heterocycles. The summed E-state index contributed by atoms with van der Waals surface area (Å²) in [7, 11) is 1.64. The summed E-state index contributed by atoms with van der Waals surface area (Å²) in [6, 6.07) is 8.69. The van der Waals surface area contributed by atoms with Crippen LogP contribution in [0.5, 0.6) is 0 Å². The van der Waals surface area contributed by atoms with Gasteiger partial charge in [0.2, 0.25) is 0 Å². The summed E-state index contributed by atoms with van der Waals surface area (Å²) in [6.45, 7) is 0. The summed E-state index contributed by atoms with van der Waals surface area (Å²) in [4.78, 5) is 15.3. The molecule has 0 spiro atoms. The maximum atomic E-state index is 11.3. The number of halogens is 1. The molecule has 0 atom stereocenters. The van der Waals surface area contributed by atoms with Gasteiger partial charge in [-0.2, -0.15) is 0 Å². The number of anilines is 1. The zero-order valence-electron chi connectivity index (χ0n) is 9.64. The summed E-state index contributed by atoms with van der Waals surface area (Å²) >= 11 is 5.82. The molecule has 4 nitrogen and oxygen atoms in total. The average molecular weight is 263 g/mol. The molecule has 0 aliphatic rings. The minimum Gasteiger partial charge on any atom is -0.478 e. The van der Waals surface area contributed by atoms with E-state index in [1.165, 1.54) is 0 Å². The maximum absolute atomic E-state index is 11.3. The predicted octanol–water partition coefficient (Wildman–Crippen LogP) is 3.14. The van der Waals surface area contributed by atoms with Gasteiger partial charge in [0.15, 0.2) is 0 Å². The topological polar surface area (TPSA) is 62.2 Å². The predicted molar refractivity (Wildman–Crippen MR) is 71.2 cm³/mol. The highest BCUT2D eigenvalue weighted by atomic mass is 35.5. The van der Waals surface area contributed by atoms with E-state index in [4.69, 9.17) is 11.6 Å². The summed E-state index contributed by atoms with van der Waals surface area (Å²) < 4.78 is 0.